The standard InChI is InChI=1S/C22H31N3O3/c1-14(2)24-8-7-19(13-24)28-18-5-6-20-17(9-18)10-21(23-20)22(26)25-11-15(3)27-16(4)12-25/h5-6,9-10,14-16,19,23H,7-8,11-13H2,1-4H3. The van der Waals surface area contributed by atoms with E-state index in [-0.39, 0.29) is 24.2 Å². The minimum absolute atomic E-state index is 0.0315. The van der Waals surface area contributed by atoms with Crippen molar-refractivity contribution in [3.63, 3.8) is 0 Å². The third-order valence-electron chi connectivity index (χ3n) is 5.74. The third kappa shape index (κ3) is 4.03. The number of H-pyrrole nitrogens is 1. The number of carbonyl (C=O) groups is 1. The zero-order valence-corrected chi connectivity index (χ0v) is 17.3. The molecule has 0 radical (unpaired) electrons. The lowest BCUT2D eigenvalue weighted by molar-refractivity contribution is -0.0587. The van der Waals surface area contributed by atoms with Crippen molar-refractivity contribution < 1.29 is 14.3 Å². The van der Waals surface area contributed by atoms with Gasteiger partial charge in [0.25, 0.3) is 5.91 Å². The number of rotatable bonds is 4. The van der Waals surface area contributed by atoms with E-state index >= 15 is 0 Å². The van der Waals surface area contributed by atoms with Crippen molar-refractivity contribution in [1.29, 1.82) is 0 Å². The molecule has 2 aromatic rings. The second kappa shape index (κ2) is 7.76. The van der Waals surface area contributed by atoms with Crippen LogP contribution in [0.3, 0.4) is 0 Å². The molecule has 1 aromatic heterocycles. The Morgan fingerprint density at radius 1 is 1.18 bits per heavy atom. The van der Waals surface area contributed by atoms with Crippen LogP contribution in [-0.2, 0) is 4.74 Å². The predicted octanol–water partition coefficient (Wildman–Crippen LogP) is 3.28. The highest BCUT2D eigenvalue weighted by Gasteiger charge is 2.28. The van der Waals surface area contributed by atoms with Crippen molar-refractivity contribution in [3.05, 3.63) is 30.0 Å². The first-order valence-corrected chi connectivity index (χ1v) is 10.4. The molecule has 3 atom stereocenters. The third-order valence-corrected chi connectivity index (χ3v) is 5.74. The molecule has 2 saturated heterocycles. The summed E-state index contributed by atoms with van der Waals surface area (Å²) in [6.07, 6.45) is 1.42. The molecule has 2 aliphatic heterocycles. The molecule has 0 spiro atoms. The Morgan fingerprint density at radius 3 is 2.61 bits per heavy atom. The molecule has 2 fully saturated rings. The number of amides is 1. The number of hydrogen-bond acceptors (Lipinski definition) is 4. The van der Waals surface area contributed by atoms with Crippen molar-refractivity contribution in [2.75, 3.05) is 26.2 Å². The van der Waals surface area contributed by atoms with Crippen LogP contribution in [0.15, 0.2) is 24.3 Å². The first-order chi connectivity index (χ1) is 13.4. The number of aromatic nitrogens is 1. The lowest BCUT2D eigenvalue weighted by Crippen LogP contribution is -2.48. The van der Waals surface area contributed by atoms with Gasteiger partial charge in [0.15, 0.2) is 0 Å². The average Bonchev–Trinajstić information content (AvgIpc) is 3.27. The van der Waals surface area contributed by atoms with E-state index in [1.165, 1.54) is 0 Å². The van der Waals surface area contributed by atoms with Gasteiger partial charge in [0.05, 0.1) is 12.2 Å². The molecule has 1 N–H and O–H groups in total. The van der Waals surface area contributed by atoms with Crippen LogP contribution in [-0.4, -0.2) is 71.2 Å². The van der Waals surface area contributed by atoms with Crippen molar-refractivity contribution >= 4 is 16.8 Å². The van der Waals surface area contributed by atoms with Crippen LogP contribution in [0.5, 0.6) is 5.75 Å². The van der Waals surface area contributed by atoms with Crippen LogP contribution in [0.2, 0.25) is 0 Å². The molecule has 28 heavy (non-hydrogen) atoms. The molecule has 0 aliphatic carbocycles. The summed E-state index contributed by atoms with van der Waals surface area (Å²) in [4.78, 5) is 20.5. The summed E-state index contributed by atoms with van der Waals surface area (Å²) in [6, 6.07) is 8.51. The maximum Gasteiger partial charge on any atom is 0.270 e. The van der Waals surface area contributed by atoms with E-state index in [1.54, 1.807) is 0 Å². The normalized spacial score (nSPS) is 26.3. The molecular weight excluding hydrogens is 354 g/mol. The average molecular weight is 386 g/mol. The van der Waals surface area contributed by atoms with Crippen molar-refractivity contribution in [2.45, 2.75) is 58.5 Å². The molecule has 3 unspecified atom stereocenters. The van der Waals surface area contributed by atoms with E-state index in [0.717, 1.165) is 36.2 Å². The van der Waals surface area contributed by atoms with Gasteiger partial charge in [-0.15, -0.1) is 0 Å². The fourth-order valence-corrected chi connectivity index (χ4v) is 4.32. The fourth-order valence-electron chi connectivity index (χ4n) is 4.32. The van der Waals surface area contributed by atoms with Gasteiger partial charge >= 0.3 is 0 Å². The molecule has 1 aromatic carbocycles. The highest BCUT2D eigenvalue weighted by atomic mass is 16.5. The predicted molar refractivity (Wildman–Crippen MR) is 110 cm³/mol. The number of likely N-dealkylation sites (tertiary alicyclic amines) is 1. The minimum Gasteiger partial charge on any atom is -0.489 e. The number of nitrogens with zero attached hydrogens (tertiary/aromatic N) is 2. The largest absolute Gasteiger partial charge is 0.489 e. The number of nitrogens with one attached hydrogen (secondary N) is 1. The summed E-state index contributed by atoms with van der Waals surface area (Å²) in [6.45, 7) is 11.8. The van der Waals surface area contributed by atoms with Gasteiger partial charge in [0.1, 0.15) is 17.5 Å². The summed E-state index contributed by atoms with van der Waals surface area (Å²) < 4.78 is 11.9. The Labute approximate surface area is 166 Å². The summed E-state index contributed by atoms with van der Waals surface area (Å²) in [5, 5.41) is 1.01. The van der Waals surface area contributed by atoms with Crippen LogP contribution >= 0.6 is 0 Å². The van der Waals surface area contributed by atoms with Crippen molar-refractivity contribution in [3.8, 4) is 5.75 Å². The lowest BCUT2D eigenvalue weighted by atomic mass is 10.2. The highest BCUT2D eigenvalue weighted by Crippen LogP contribution is 2.26. The maximum absolute atomic E-state index is 12.9. The smallest absolute Gasteiger partial charge is 0.270 e. The molecule has 1 amide bonds. The lowest BCUT2D eigenvalue weighted by Gasteiger charge is -2.35. The van der Waals surface area contributed by atoms with Gasteiger partial charge in [-0.25, -0.2) is 0 Å². The number of carbonyl (C=O) groups excluding carboxylic acids is 1. The van der Waals surface area contributed by atoms with Crippen LogP contribution < -0.4 is 4.74 Å². The number of fused-ring (bicyclic) bond motifs is 1. The van der Waals surface area contributed by atoms with Gasteiger partial charge in [-0.1, -0.05) is 0 Å². The van der Waals surface area contributed by atoms with E-state index in [4.69, 9.17) is 9.47 Å². The SMILES string of the molecule is CC1CN(C(=O)c2cc3cc(OC4CCN(C(C)C)C4)ccc3[nH]2)CC(C)O1. The quantitative estimate of drug-likeness (QED) is 0.878. The summed E-state index contributed by atoms with van der Waals surface area (Å²) in [5.41, 5.74) is 1.58. The number of hydrogen-bond donors (Lipinski definition) is 1. The Balaban J connectivity index is 1.47. The van der Waals surface area contributed by atoms with Crippen LogP contribution in [0.4, 0.5) is 0 Å². The van der Waals surface area contributed by atoms with Gasteiger partial charge in [-0.2, -0.15) is 0 Å². The first-order valence-electron chi connectivity index (χ1n) is 10.4. The Hall–Kier alpha value is -2.05. The molecule has 0 bridgehead atoms. The van der Waals surface area contributed by atoms with Gasteiger partial charge in [-0.3, -0.25) is 9.69 Å². The number of morpholine rings is 1. The zero-order valence-electron chi connectivity index (χ0n) is 17.3. The zero-order chi connectivity index (χ0) is 19.8. The highest BCUT2D eigenvalue weighted by molar-refractivity contribution is 5.98. The Bertz CT molecular complexity index is 837. The minimum atomic E-state index is 0.0315. The van der Waals surface area contributed by atoms with Crippen LogP contribution in [0, 0.1) is 0 Å². The van der Waals surface area contributed by atoms with E-state index in [1.807, 2.05) is 43.0 Å². The van der Waals surface area contributed by atoms with Gasteiger partial charge in [0.2, 0.25) is 0 Å². The van der Waals surface area contributed by atoms with Gasteiger partial charge in [0, 0.05) is 43.1 Å². The van der Waals surface area contributed by atoms with E-state index in [2.05, 4.69) is 23.7 Å². The molecule has 4 rings (SSSR count). The van der Waals surface area contributed by atoms with E-state index < -0.39 is 0 Å². The second-order valence-electron chi connectivity index (χ2n) is 8.52. The first kappa shape index (κ1) is 19.3. The van der Waals surface area contributed by atoms with E-state index in [9.17, 15) is 4.79 Å². The maximum atomic E-state index is 12.9. The van der Waals surface area contributed by atoms with Gasteiger partial charge in [-0.05, 0) is 58.4 Å². The molecule has 152 valence electrons. The summed E-state index contributed by atoms with van der Waals surface area (Å²) in [5.74, 6) is 0.902. The van der Waals surface area contributed by atoms with Crippen molar-refractivity contribution in [1.82, 2.24) is 14.8 Å². The summed E-state index contributed by atoms with van der Waals surface area (Å²) >= 11 is 0. The Morgan fingerprint density at radius 2 is 1.93 bits per heavy atom. The number of ether oxygens (including phenoxy) is 2. The number of benzene rings is 1. The second-order valence-corrected chi connectivity index (χ2v) is 8.52. The molecule has 6 heteroatoms. The van der Waals surface area contributed by atoms with Crippen LogP contribution in [0.1, 0.15) is 44.6 Å². The topological polar surface area (TPSA) is 57.8 Å². The monoisotopic (exact) mass is 385 g/mol. The molecular formula is C22H31N3O3. The molecule has 3 heterocycles. The fraction of sp³-hybridized carbons (Fsp3) is 0.591. The van der Waals surface area contributed by atoms with Gasteiger partial charge < -0.3 is 19.4 Å². The molecule has 6 nitrogen and oxygen atoms in total. The van der Waals surface area contributed by atoms with Crippen molar-refractivity contribution in [2.24, 2.45) is 0 Å². The van der Waals surface area contributed by atoms with Crippen LogP contribution in [0.25, 0.3) is 10.9 Å². The number of aromatic amines is 1. The van der Waals surface area contributed by atoms with E-state index in [0.29, 0.717) is 24.8 Å². The summed E-state index contributed by atoms with van der Waals surface area (Å²) in [7, 11) is 0. The molecule has 0 saturated carbocycles. The Kier molecular flexibility index (Phi) is 5.34. The molecule has 2 aliphatic rings.